The van der Waals surface area contributed by atoms with Gasteiger partial charge in [-0.2, -0.15) is 0 Å². The van der Waals surface area contributed by atoms with Crippen LogP contribution in [0, 0.1) is 7.14 Å². The van der Waals surface area contributed by atoms with Gasteiger partial charge in [-0.15, -0.1) is 0 Å². The molecular weight excluding hydrogens is 574 g/mol. The van der Waals surface area contributed by atoms with E-state index in [9.17, 15) is 9.59 Å². The molecule has 5 nitrogen and oxygen atoms in total. The Morgan fingerprint density at radius 1 is 1.11 bits per heavy atom. The zero-order valence-corrected chi connectivity index (χ0v) is 18.7. The fraction of sp³-hybridized carbons (Fsp3) is 0.100. The number of carbonyl (C=O) groups is 2. The highest BCUT2D eigenvalue weighted by molar-refractivity contribution is 14.1. The maximum Gasteiger partial charge on any atom is 0.343 e. The molecule has 1 aliphatic heterocycles. The third kappa shape index (κ3) is 4.70. The van der Waals surface area contributed by atoms with Crippen LogP contribution in [0.5, 0.6) is 11.5 Å². The van der Waals surface area contributed by atoms with Gasteiger partial charge in [0, 0.05) is 12.5 Å². The molecule has 7 heteroatoms. The van der Waals surface area contributed by atoms with Crippen LogP contribution in [0.4, 0.5) is 0 Å². The highest BCUT2D eigenvalue weighted by Gasteiger charge is 2.22. The maximum absolute atomic E-state index is 12.2. The average Bonchev–Trinajstić information content (AvgIpc) is 2.99. The fourth-order valence-corrected chi connectivity index (χ4v) is 4.51. The first-order valence-corrected chi connectivity index (χ1v) is 10.0. The summed E-state index contributed by atoms with van der Waals surface area (Å²) in [5.74, 6) is 0.971. The lowest BCUT2D eigenvalue weighted by Crippen LogP contribution is -2.05. The molecule has 0 fully saturated rings. The third-order valence-electron chi connectivity index (χ3n) is 3.69. The van der Waals surface area contributed by atoms with Crippen molar-refractivity contribution in [3.63, 3.8) is 0 Å². The average molecular weight is 588 g/mol. The minimum Gasteiger partial charge on any atom is -0.497 e. The van der Waals surface area contributed by atoms with Crippen molar-refractivity contribution in [2.75, 3.05) is 7.11 Å². The van der Waals surface area contributed by atoms with Gasteiger partial charge >= 0.3 is 11.9 Å². The summed E-state index contributed by atoms with van der Waals surface area (Å²) < 4.78 is 17.3. The van der Waals surface area contributed by atoms with E-state index in [4.69, 9.17) is 14.2 Å². The van der Waals surface area contributed by atoms with Gasteiger partial charge in [0.2, 0.25) is 0 Å². The number of ether oxygens (including phenoxy) is 3. The van der Waals surface area contributed by atoms with Gasteiger partial charge in [-0.05, 0) is 99.3 Å². The molecule has 0 aromatic heterocycles. The van der Waals surface area contributed by atoms with Crippen molar-refractivity contribution in [1.82, 2.24) is 0 Å². The number of rotatable bonds is 4. The monoisotopic (exact) mass is 588 g/mol. The van der Waals surface area contributed by atoms with Crippen molar-refractivity contribution >= 4 is 69.0 Å². The Balaban J connectivity index is 1.91. The minimum absolute atomic E-state index is 0.372. The van der Waals surface area contributed by atoms with E-state index < -0.39 is 5.97 Å². The van der Waals surface area contributed by atoms with Crippen LogP contribution >= 0.6 is 45.2 Å². The molecule has 0 amide bonds. The first-order valence-electron chi connectivity index (χ1n) is 7.85. The van der Waals surface area contributed by atoms with Gasteiger partial charge in [0.15, 0.2) is 5.75 Å². The molecule has 0 N–H and O–H groups in total. The highest BCUT2D eigenvalue weighted by atomic mass is 127. The molecule has 2 aromatic carbocycles. The number of esters is 2. The van der Waals surface area contributed by atoms with E-state index in [0.29, 0.717) is 17.1 Å². The smallest absolute Gasteiger partial charge is 0.343 e. The molecule has 0 saturated heterocycles. The summed E-state index contributed by atoms with van der Waals surface area (Å²) in [7, 11) is 1.60. The van der Waals surface area contributed by atoms with Crippen LogP contribution in [0.25, 0.3) is 11.8 Å². The van der Waals surface area contributed by atoms with Crippen molar-refractivity contribution < 1.29 is 23.8 Å². The normalized spacial score (nSPS) is 14.7. The second kappa shape index (κ2) is 8.42. The van der Waals surface area contributed by atoms with Crippen LogP contribution in [0.3, 0.4) is 0 Å². The SMILES string of the molecule is COc1ccc(C2=C/C(=C\c3cc(I)c(OC(C)=O)c(I)c3)C(=O)O2)cc1. The summed E-state index contributed by atoms with van der Waals surface area (Å²) in [6, 6.07) is 11.0. The van der Waals surface area contributed by atoms with E-state index in [2.05, 4.69) is 45.2 Å². The topological polar surface area (TPSA) is 61.8 Å². The van der Waals surface area contributed by atoms with Crippen molar-refractivity contribution in [2.45, 2.75) is 6.92 Å². The molecule has 0 radical (unpaired) electrons. The summed E-state index contributed by atoms with van der Waals surface area (Å²) in [4.78, 5) is 23.4. The molecular formula is C20H14I2O5. The van der Waals surface area contributed by atoms with Gasteiger partial charge < -0.3 is 14.2 Å². The largest absolute Gasteiger partial charge is 0.497 e. The van der Waals surface area contributed by atoms with Crippen LogP contribution in [0.15, 0.2) is 48.0 Å². The fourth-order valence-electron chi connectivity index (χ4n) is 2.47. The van der Waals surface area contributed by atoms with E-state index in [-0.39, 0.29) is 5.97 Å². The summed E-state index contributed by atoms with van der Waals surface area (Å²) in [6.07, 6.45) is 3.46. The van der Waals surface area contributed by atoms with Crippen LogP contribution < -0.4 is 9.47 Å². The molecule has 0 atom stereocenters. The first kappa shape index (κ1) is 19.9. The van der Waals surface area contributed by atoms with E-state index in [1.165, 1.54) is 6.92 Å². The molecule has 0 spiro atoms. The molecule has 0 bridgehead atoms. The van der Waals surface area contributed by atoms with E-state index >= 15 is 0 Å². The van der Waals surface area contributed by atoms with Gasteiger partial charge in [-0.3, -0.25) is 4.79 Å². The molecule has 0 unspecified atom stereocenters. The van der Waals surface area contributed by atoms with Crippen LogP contribution in [-0.4, -0.2) is 19.0 Å². The standard InChI is InChI=1S/C20H14I2O5/c1-11(23)26-19-16(21)8-12(9-17(19)22)7-14-10-18(27-20(14)24)13-3-5-15(25-2)6-4-13/h3-10H,1-2H3/b14-7+. The molecule has 0 aliphatic carbocycles. The predicted octanol–water partition coefficient (Wildman–Crippen LogP) is 4.81. The van der Waals surface area contributed by atoms with Gasteiger partial charge in [-0.1, -0.05) is 0 Å². The molecule has 2 aromatic rings. The Hall–Kier alpha value is -1.88. The Labute approximate surface area is 183 Å². The molecule has 138 valence electrons. The molecule has 0 saturated carbocycles. The van der Waals surface area contributed by atoms with E-state index in [1.807, 2.05) is 36.4 Å². The molecule has 1 aliphatic rings. The van der Waals surface area contributed by atoms with E-state index in [0.717, 1.165) is 24.0 Å². The minimum atomic E-state index is -0.408. The lowest BCUT2D eigenvalue weighted by molar-refractivity contribution is -0.132. The van der Waals surface area contributed by atoms with Gasteiger partial charge in [0.05, 0.1) is 19.8 Å². The second-order valence-corrected chi connectivity index (χ2v) is 7.96. The van der Waals surface area contributed by atoms with Crippen LogP contribution in [-0.2, 0) is 14.3 Å². The quantitative estimate of drug-likeness (QED) is 0.222. The highest BCUT2D eigenvalue weighted by Crippen LogP contribution is 2.32. The first-order chi connectivity index (χ1) is 12.9. The zero-order valence-electron chi connectivity index (χ0n) is 14.4. The number of benzene rings is 2. The zero-order chi connectivity index (χ0) is 19.6. The Morgan fingerprint density at radius 3 is 2.30 bits per heavy atom. The summed E-state index contributed by atoms with van der Waals surface area (Å²) in [5.41, 5.74) is 2.06. The number of cyclic esters (lactones) is 1. The lowest BCUT2D eigenvalue weighted by Gasteiger charge is -2.08. The van der Waals surface area contributed by atoms with Crippen molar-refractivity contribution in [3.05, 3.63) is 66.3 Å². The van der Waals surface area contributed by atoms with Crippen molar-refractivity contribution in [1.29, 1.82) is 0 Å². The number of hydrogen-bond donors (Lipinski definition) is 0. The maximum atomic E-state index is 12.2. The summed E-state index contributed by atoms with van der Waals surface area (Å²) in [5, 5.41) is 0. The predicted molar refractivity (Wildman–Crippen MR) is 118 cm³/mol. The van der Waals surface area contributed by atoms with E-state index in [1.54, 1.807) is 19.3 Å². The second-order valence-electron chi connectivity index (χ2n) is 5.63. The number of carbonyl (C=O) groups excluding carboxylic acids is 2. The lowest BCUT2D eigenvalue weighted by atomic mass is 10.1. The van der Waals surface area contributed by atoms with Crippen LogP contribution in [0.1, 0.15) is 18.1 Å². The van der Waals surface area contributed by atoms with Gasteiger partial charge in [-0.25, -0.2) is 4.79 Å². The number of halogens is 2. The Bertz CT molecular complexity index is 951. The van der Waals surface area contributed by atoms with Crippen molar-refractivity contribution in [3.8, 4) is 11.5 Å². The number of hydrogen-bond acceptors (Lipinski definition) is 5. The van der Waals surface area contributed by atoms with Gasteiger partial charge in [0.25, 0.3) is 0 Å². The molecule has 3 rings (SSSR count). The molecule has 1 heterocycles. The summed E-state index contributed by atoms with van der Waals surface area (Å²) >= 11 is 4.20. The Kier molecular flexibility index (Phi) is 6.20. The number of methoxy groups -OCH3 is 1. The molecule has 27 heavy (non-hydrogen) atoms. The van der Waals surface area contributed by atoms with Crippen molar-refractivity contribution in [2.24, 2.45) is 0 Å². The summed E-state index contributed by atoms with van der Waals surface area (Å²) in [6.45, 7) is 1.36. The Morgan fingerprint density at radius 2 is 1.74 bits per heavy atom. The van der Waals surface area contributed by atoms with Crippen LogP contribution in [0.2, 0.25) is 0 Å². The third-order valence-corrected chi connectivity index (χ3v) is 5.29. The van der Waals surface area contributed by atoms with Gasteiger partial charge in [0.1, 0.15) is 11.5 Å².